The van der Waals surface area contributed by atoms with Crippen LogP contribution >= 0.6 is 0 Å². The van der Waals surface area contributed by atoms with Crippen LogP contribution in [0.3, 0.4) is 0 Å². The summed E-state index contributed by atoms with van der Waals surface area (Å²) in [5.41, 5.74) is 1.80. The zero-order valence-electron chi connectivity index (χ0n) is 10.2. The first-order valence-electron chi connectivity index (χ1n) is 5.54. The Bertz CT molecular complexity index is 584. The minimum Gasteiger partial charge on any atom is -0.311 e. The lowest BCUT2D eigenvalue weighted by Gasteiger charge is -2.18. The number of aryl methyl sites for hydroxylation is 1. The number of aromatic nitrogens is 1. The number of pyridine rings is 1. The van der Waals surface area contributed by atoms with Crippen LogP contribution in [0.25, 0.3) is 0 Å². The van der Waals surface area contributed by atoms with Crippen molar-refractivity contribution in [3.63, 3.8) is 0 Å². The van der Waals surface area contributed by atoms with Gasteiger partial charge in [0.1, 0.15) is 0 Å². The third-order valence-corrected chi connectivity index (χ3v) is 2.70. The van der Waals surface area contributed by atoms with Gasteiger partial charge in [-0.25, -0.2) is 4.39 Å². The Labute approximate surface area is 105 Å². The van der Waals surface area contributed by atoms with E-state index in [-0.39, 0.29) is 11.5 Å². The summed E-state index contributed by atoms with van der Waals surface area (Å²) in [7, 11) is 1.62. The summed E-state index contributed by atoms with van der Waals surface area (Å²) >= 11 is 0. The van der Waals surface area contributed by atoms with Crippen LogP contribution in [0.1, 0.15) is 15.9 Å². The number of nitrogens with zero attached hydrogens (tertiary/aromatic N) is 2. The molecule has 1 aromatic heterocycles. The predicted molar refractivity (Wildman–Crippen MR) is 68.1 cm³/mol. The summed E-state index contributed by atoms with van der Waals surface area (Å²) in [6.45, 7) is 1.94. The molecule has 0 saturated heterocycles. The quantitative estimate of drug-likeness (QED) is 0.813. The van der Waals surface area contributed by atoms with Crippen molar-refractivity contribution in [2.45, 2.75) is 6.92 Å². The molecule has 18 heavy (non-hydrogen) atoms. The lowest BCUT2D eigenvalue weighted by atomic mass is 10.2. The Balaban J connectivity index is 2.32. The molecule has 0 aliphatic carbocycles. The predicted octanol–water partition coefficient (Wildman–Crippen LogP) is 2.81. The Morgan fingerprint density at radius 1 is 1.33 bits per heavy atom. The molecular weight excluding hydrogens is 231 g/mol. The minimum absolute atomic E-state index is 0.0222. The van der Waals surface area contributed by atoms with E-state index in [1.165, 1.54) is 17.2 Å². The van der Waals surface area contributed by atoms with Gasteiger partial charge in [0.25, 0.3) is 5.91 Å². The number of rotatable bonds is 2. The van der Waals surface area contributed by atoms with Crippen molar-refractivity contribution < 1.29 is 9.18 Å². The zero-order chi connectivity index (χ0) is 13.1. The topological polar surface area (TPSA) is 33.2 Å². The van der Waals surface area contributed by atoms with E-state index in [9.17, 15) is 9.18 Å². The van der Waals surface area contributed by atoms with Crippen LogP contribution in [0, 0.1) is 12.7 Å². The number of anilines is 1. The van der Waals surface area contributed by atoms with E-state index in [0.29, 0.717) is 0 Å². The van der Waals surface area contributed by atoms with Crippen LogP contribution < -0.4 is 4.90 Å². The Kier molecular flexibility index (Phi) is 3.37. The molecule has 0 fully saturated rings. The molecule has 1 aromatic carbocycles. The number of carbonyl (C=O) groups excluding carboxylic acids is 1. The maximum absolute atomic E-state index is 13.5. The van der Waals surface area contributed by atoms with Gasteiger partial charge in [0.15, 0.2) is 5.82 Å². The average molecular weight is 244 g/mol. The number of benzene rings is 1. The first-order valence-corrected chi connectivity index (χ1v) is 5.54. The van der Waals surface area contributed by atoms with Crippen LogP contribution in [0.15, 0.2) is 42.7 Å². The highest BCUT2D eigenvalue weighted by Gasteiger charge is 2.17. The smallest absolute Gasteiger partial charge is 0.261 e. The van der Waals surface area contributed by atoms with Crippen molar-refractivity contribution in [3.05, 3.63) is 59.7 Å². The first-order chi connectivity index (χ1) is 8.59. The second kappa shape index (κ2) is 4.96. The normalized spacial score (nSPS) is 10.2. The van der Waals surface area contributed by atoms with Crippen molar-refractivity contribution in [1.82, 2.24) is 4.98 Å². The molecule has 1 heterocycles. The van der Waals surface area contributed by atoms with Gasteiger partial charge in [0.05, 0.1) is 11.8 Å². The lowest BCUT2D eigenvalue weighted by molar-refractivity contribution is 0.0989. The first kappa shape index (κ1) is 12.2. The van der Waals surface area contributed by atoms with Gasteiger partial charge in [-0.1, -0.05) is 12.1 Å². The average Bonchev–Trinajstić information content (AvgIpc) is 2.37. The van der Waals surface area contributed by atoms with Crippen LogP contribution in [0.4, 0.5) is 10.1 Å². The van der Waals surface area contributed by atoms with Gasteiger partial charge in [-0.05, 0) is 30.7 Å². The standard InChI is InChI=1S/C14H13FN2O/c1-10-4-3-5-11(8-10)17(2)14(18)12-6-7-16-9-13(12)15/h3-9H,1-2H3. The Morgan fingerprint density at radius 3 is 2.78 bits per heavy atom. The molecular formula is C14H13FN2O. The molecule has 92 valence electrons. The molecule has 0 aliphatic heterocycles. The molecule has 0 radical (unpaired) electrons. The summed E-state index contributed by atoms with van der Waals surface area (Å²) in [5, 5.41) is 0. The molecule has 0 N–H and O–H groups in total. The summed E-state index contributed by atoms with van der Waals surface area (Å²) in [5.74, 6) is -0.998. The maximum Gasteiger partial charge on any atom is 0.261 e. The van der Waals surface area contributed by atoms with E-state index in [1.807, 2.05) is 31.2 Å². The Hall–Kier alpha value is -2.23. The molecule has 0 spiro atoms. The number of hydrogen-bond acceptors (Lipinski definition) is 2. The van der Waals surface area contributed by atoms with Crippen molar-refractivity contribution in [2.24, 2.45) is 0 Å². The molecule has 3 nitrogen and oxygen atoms in total. The van der Waals surface area contributed by atoms with Gasteiger partial charge in [0, 0.05) is 18.9 Å². The van der Waals surface area contributed by atoms with Crippen LogP contribution in [-0.2, 0) is 0 Å². The van der Waals surface area contributed by atoms with Crippen LogP contribution in [0.5, 0.6) is 0 Å². The number of halogens is 1. The molecule has 0 unspecified atom stereocenters. The number of amides is 1. The van der Waals surface area contributed by atoms with Crippen LogP contribution in [-0.4, -0.2) is 17.9 Å². The Morgan fingerprint density at radius 2 is 2.11 bits per heavy atom. The van der Waals surface area contributed by atoms with Crippen molar-refractivity contribution >= 4 is 11.6 Å². The SMILES string of the molecule is Cc1cccc(N(C)C(=O)c2ccncc2F)c1. The van der Waals surface area contributed by atoms with Gasteiger partial charge in [-0.2, -0.15) is 0 Å². The molecule has 0 bridgehead atoms. The van der Waals surface area contributed by atoms with Gasteiger partial charge >= 0.3 is 0 Å². The fraction of sp³-hybridized carbons (Fsp3) is 0.143. The lowest BCUT2D eigenvalue weighted by Crippen LogP contribution is -2.27. The number of hydrogen-bond donors (Lipinski definition) is 0. The molecule has 1 amide bonds. The van der Waals surface area contributed by atoms with E-state index < -0.39 is 5.82 Å². The largest absolute Gasteiger partial charge is 0.311 e. The third-order valence-electron chi connectivity index (χ3n) is 2.70. The summed E-state index contributed by atoms with van der Waals surface area (Å²) in [6, 6.07) is 8.86. The van der Waals surface area contributed by atoms with Crippen LogP contribution in [0.2, 0.25) is 0 Å². The number of carbonyl (C=O) groups is 1. The second-order valence-electron chi connectivity index (χ2n) is 4.06. The van der Waals surface area contributed by atoms with Gasteiger partial charge in [-0.15, -0.1) is 0 Å². The van der Waals surface area contributed by atoms with Gasteiger partial charge in [0.2, 0.25) is 0 Å². The summed E-state index contributed by atoms with van der Waals surface area (Å²) < 4.78 is 13.5. The second-order valence-corrected chi connectivity index (χ2v) is 4.06. The molecule has 2 aromatic rings. The molecule has 0 aliphatic rings. The van der Waals surface area contributed by atoms with E-state index >= 15 is 0 Å². The molecule has 0 saturated carbocycles. The fourth-order valence-electron chi connectivity index (χ4n) is 1.68. The van der Waals surface area contributed by atoms with E-state index in [2.05, 4.69) is 4.98 Å². The minimum atomic E-state index is -0.609. The molecule has 4 heteroatoms. The fourth-order valence-corrected chi connectivity index (χ4v) is 1.68. The highest BCUT2D eigenvalue weighted by molar-refractivity contribution is 6.05. The molecule has 2 rings (SSSR count). The maximum atomic E-state index is 13.5. The molecule has 0 atom stereocenters. The van der Waals surface area contributed by atoms with Crippen molar-refractivity contribution in [2.75, 3.05) is 11.9 Å². The zero-order valence-corrected chi connectivity index (χ0v) is 10.2. The highest BCUT2D eigenvalue weighted by atomic mass is 19.1. The summed E-state index contributed by atoms with van der Waals surface area (Å²) in [6.07, 6.45) is 2.44. The third kappa shape index (κ3) is 2.37. The monoisotopic (exact) mass is 244 g/mol. The highest BCUT2D eigenvalue weighted by Crippen LogP contribution is 2.17. The van der Waals surface area contributed by atoms with Crippen molar-refractivity contribution in [3.8, 4) is 0 Å². The van der Waals surface area contributed by atoms with E-state index in [0.717, 1.165) is 17.4 Å². The van der Waals surface area contributed by atoms with Gasteiger partial charge < -0.3 is 4.90 Å². The van der Waals surface area contributed by atoms with Gasteiger partial charge in [-0.3, -0.25) is 9.78 Å². The van der Waals surface area contributed by atoms with E-state index in [1.54, 1.807) is 7.05 Å². The van der Waals surface area contributed by atoms with Crippen molar-refractivity contribution in [1.29, 1.82) is 0 Å². The van der Waals surface area contributed by atoms with E-state index in [4.69, 9.17) is 0 Å². The summed E-state index contributed by atoms with van der Waals surface area (Å²) in [4.78, 5) is 17.2.